The predicted octanol–water partition coefficient (Wildman–Crippen LogP) is 2.60. The van der Waals surface area contributed by atoms with Crippen molar-refractivity contribution in [2.24, 2.45) is 0 Å². The standard InChI is InChI=1S/C13H8F2N4O/c1-2-20-13-9(14)3-4-10(12(13)15)19-11(7-18)8(5-16)6-17/h3-4,19H,2H2,1H3. The van der Waals surface area contributed by atoms with Crippen LogP contribution in [0.2, 0.25) is 0 Å². The molecule has 0 saturated carbocycles. The van der Waals surface area contributed by atoms with E-state index in [2.05, 4.69) is 5.32 Å². The monoisotopic (exact) mass is 274 g/mol. The average molecular weight is 274 g/mol. The minimum absolute atomic E-state index is 0.0554. The molecule has 7 heteroatoms. The number of hydrogen-bond donors (Lipinski definition) is 1. The Kier molecular flexibility index (Phi) is 5.03. The van der Waals surface area contributed by atoms with Gasteiger partial charge in [-0.05, 0) is 19.1 Å². The van der Waals surface area contributed by atoms with Crippen LogP contribution in [0.25, 0.3) is 0 Å². The van der Waals surface area contributed by atoms with Crippen molar-refractivity contribution in [3.05, 3.63) is 35.0 Å². The fraction of sp³-hybridized carbons (Fsp3) is 0.154. The Labute approximate surface area is 113 Å². The van der Waals surface area contributed by atoms with Gasteiger partial charge in [0.2, 0.25) is 0 Å². The van der Waals surface area contributed by atoms with Gasteiger partial charge in [-0.3, -0.25) is 0 Å². The minimum Gasteiger partial charge on any atom is -0.488 e. The highest BCUT2D eigenvalue weighted by Crippen LogP contribution is 2.29. The molecule has 0 atom stereocenters. The first kappa shape index (κ1) is 14.9. The summed E-state index contributed by atoms with van der Waals surface area (Å²) in [5, 5.41) is 28.4. The molecule has 1 rings (SSSR count). The highest BCUT2D eigenvalue weighted by Gasteiger charge is 2.16. The molecule has 0 amide bonds. The maximum absolute atomic E-state index is 14.0. The van der Waals surface area contributed by atoms with E-state index in [1.54, 1.807) is 13.0 Å². The number of ether oxygens (including phenoxy) is 1. The molecular weight excluding hydrogens is 266 g/mol. The molecule has 20 heavy (non-hydrogen) atoms. The molecule has 0 spiro atoms. The van der Waals surface area contributed by atoms with E-state index in [0.29, 0.717) is 0 Å². The van der Waals surface area contributed by atoms with Crippen LogP contribution < -0.4 is 10.1 Å². The lowest BCUT2D eigenvalue weighted by atomic mass is 10.2. The lowest BCUT2D eigenvalue weighted by Crippen LogP contribution is -2.05. The minimum atomic E-state index is -1.05. The number of nitrogens with one attached hydrogen (secondary N) is 1. The van der Waals surface area contributed by atoms with Crippen molar-refractivity contribution < 1.29 is 13.5 Å². The van der Waals surface area contributed by atoms with E-state index in [0.717, 1.165) is 12.1 Å². The fourth-order valence-corrected chi connectivity index (χ4v) is 1.32. The summed E-state index contributed by atoms with van der Waals surface area (Å²) >= 11 is 0. The Hall–Kier alpha value is -3.11. The van der Waals surface area contributed by atoms with Crippen molar-refractivity contribution in [2.45, 2.75) is 6.92 Å². The zero-order valence-corrected chi connectivity index (χ0v) is 10.4. The van der Waals surface area contributed by atoms with Gasteiger partial charge in [0, 0.05) is 0 Å². The van der Waals surface area contributed by atoms with E-state index in [9.17, 15) is 8.78 Å². The van der Waals surface area contributed by atoms with Gasteiger partial charge in [0.25, 0.3) is 0 Å². The van der Waals surface area contributed by atoms with Gasteiger partial charge in [0.1, 0.15) is 23.9 Å². The second kappa shape index (κ2) is 6.72. The molecule has 0 bridgehead atoms. The summed E-state index contributed by atoms with van der Waals surface area (Å²) in [4.78, 5) is 0. The van der Waals surface area contributed by atoms with Crippen molar-refractivity contribution in [3.63, 3.8) is 0 Å². The van der Waals surface area contributed by atoms with Crippen molar-refractivity contribution in [1.82, 2.24) is 0 Å². The summed E-state index contributed by atoms with van der Waals surface area (Å²) in [6.07, 6.45) is 0. The quantitative estimate of drug-likeness (QED) is 0.852. The summed E-state index contributed by atoms with van der Waals surface area (Å²) in [5.74, 6) is -2.53. The van der Waals surface area contributed by atoms with Crippen LogP contribution in [0.1, 0.15) is 6.92 Å². The van der Waals surface area contributed by atoms with Gasteiger partial charge in [-0.2, -0.15) is 15.8 Å². The van der Waals surface area contributed by atoms with Crippen molar-refractivity contribution in [3.8, 4) is 24.0 Å². The molecule has 1 aromatic rings. The summed E-state index contributed by atoms with van der Waals surface area (Å²) in [6.45, 7) is 1.61. The van der Waals surface area contributed by atoms with E-state index in [-0.39, 0.29) is 12.3 Å². The first-order chi connectivity index (χ1) is 9.58. The van der Waals surface area contributed by atoms with Crippen molar-refractivity contribution >= 4 is 5.69 Å². The molecule has 5 nitrogen and oxygen atoms in total. The Bertz CT molecular complexity index is 661. The summed E-state index contributed by atoms with van der Waals surface area (Å²) < 4.78 is 32.1. The Morgan fingerprint density at radius 2 is 1.85 bits per heavy atom. The summed E-state index contributed by atoms with van der Waals surface area (Å²) in [7, 11) is 0. The zero-order valence-electron chi connectivity index (χ0n) is 10.4. The van der Waals surface area contributed by atoms with Gasteiger partial charge < -0.3 is 10.1 Å². The van der Waals surface area contributed by atoms with Gasteiger partial charge in [-0.1, -0.05) is 0 Å². The maximum Gasteiger partial charge on any atom is 0.192 e. The number of nitriles is 3. The van der Waals surface area contributed by atoms with Crippen LogP contribution in [0.15, 0.2) is 23.4 Å². The molecule has 0 aliphatic carbocycles. The van der Waals surface area contributed by atoms with E-state index in [4.69, 9.17) is 20.5 Å². The zero-order chi connectivity index (χ0) is 15.1. The molecule has 0 heterocycles. The normalized spacial score (nSPS) is 8.80. The van der Waals surface area contributed by atoms with Crippen LogP contribution >= 0.6 is 0 Å². The summed E-state index contributed by atoms with van der Waals surface area (Å²) in [6, 6.07) is 6.55. The van der Waals surface area contributed by atoms with Crippen LogP contribution in [-0.2, 0) is 0 Å². The van der Waals surface area contributed by atoms with Crippen LogP contribution in [0.5, 0.6) is 5.75 Å². The Balaban J connectivity index is 3.28. The smallest absolute Gasteiger partial charge is 0.192 e. The van der Waals surface area contributed by atoms with Crippen LogP contribution in [0.4, 0.5) is 14.5 Å². The van der Waals surface area contributed by atoms with E-state index >= 15 is 0 Å². The maximum atomic E-state index is 14.0. The molecule has 1 N–H and O–H groups in total. The van der Waals surface area contributed by atoms with E-state index in [1.807, 2.05) is 0 Å². The van der Waals surface area contributed by atoms with Gasteiger partial charge >= 0.3 is 0 Å². The first-order valence-electron chi connectivity index (χ1n) is 5.41. The SMILES string of the molecule is CCOc1c(F)ccc(NC(C#N)=C(C#N)C#N)c1F. The number of rotatable bonds is 4. The largest absolute Gasteiger partial charge is 0.488 e. The van der Waals surface area contributed by atoms with Gasteiger partial charge in [-0.25, -0.2) is 8.78 Å². The summed E-state index contributed by atoms with van der Waals surface area (Å²) in [5.41, 5.74) is -1.20. The number of benzene rings is 1. The molecule has 0 aliphatic rings. The van der Waals surface area contributed by atoms with Gasteiger partial charge in [0.15, 0.2) is 23.0 Å². The number of nitrogens with zero attached hydrogens (tertiary/aromatic N) is 3. The van der Waals surface area contributed by atoms with Crippen LogP contribution in [0.3, 0.4) is 0 Å². The molecule has 0 fully saturated rings. The average Bonchev–Trinajstić information content (AvgIpc) is 2.45. The van der Waals surface area contributed by atoms with E-state index < -0.39 is 28.7 Å². The van der Waals surface area contributed by atoms with Crippen LogP contribution in [0, 0.1) is 45.6 Å². The van der Waals surface area contributed by atoms with Crippen molar-refractivity contribution in [2.75, 3.05) is 11.9 Å². The Morgan fingerprint density at radius 3 is 2.35 bits per heavy atom. The second-order valence-electron chi connectivity index (χ2n) is 3.38. The molecule has 0 aromatic heterocycles. The number of anilines is 1. The number of allylic oxidation sites excluding steroid dienone is 2. The predicted molar refractivity (Wildman–Crippen MR) is 65.0 cm³/mol. The lowest BCUT2D eigenvalue weighted by molar-refractivity contribution is 0.303. The third kappa shape index (κ3) is 3.01. The highest BCUT2D eigenvalue weighted by molar-refractivity contribution is 5.60. The third-order valence-corrected chi connectivity index (χ3v) is 2.18. The number of hydrogen-bond acceptors (Lipinski definition) is 5. The van der Waals surface area contributed by atoms with Gasteiger partial charge in [0.05, 0.1) is 12.3 Å². The van der Waals surface area contributed by atoms with Crippen LogP contribution in [-0.4, -0.2) is 6.61 Å². The molecule has 0 aliphatic heterocycles. The molecule has 0 radical (unpaired) electrons. The number of halogens is 2. The second-order valence-corrected chi connectivity index (χ2v) is 3.38. The topological polar surface area (TPSA) is 92.6 Å². The first-order valence-corrected chi connectivity index (χ1v) is 5.41. The third-order valence-electron chi connectivity index (χ3n) is 2.18. The van der Waals surface area contributed by atoms with E-state index in [1.165, 1.54) is 12.1 Å². The van der Waals surface area contributed by atoms with Gasteiger partial charge in [-0.15, -0.1) is 0 Å². The Morgan fingerprint density at radius 1 is 1.20 bits per heavy atom. The van der Waals surface area contributed by atoms with Crippen molar-refractivity contribution in [1.29, 1.82) is 15.8 Å². The molecule has 0 unspecified atom stereocenters. The molecule has 0 saturated heterocycles. The lowest BCUT2D eigenvalue weighted by Gasteiger charge is -2.11. The molecule has 1 aromatic carbocycles. The highest BCUT2D eigenvalue weighted by atomic mass is 19.1. The molecular formula is C13H8F2N4O. The fourth-order valence-electron chi connectivity index (χ4n) is 1.32. The molecule has 100 valence electrons.